The maximum Gasteiger partial charge on any atom is 0.326 e. The number of aromatic amines is 1. The molecular formula is C22H23N5O6. The highest BCUT2D eigenvalue weighted by molar-refractivity contribution is 5.97. The van der Waals surface area contributed by atoms with Crippen molar-refractivity contribution in [2.45, 2.75) is 18.9 Å². The molecule has 0 radical (unpaired) electrons. The van der Waals surface area contributed by atoms with E-state index in [1.165, 1.54) is 19.2 Å². The van der Waals surface area contributed by atoms with Crippen LogP contribution in [0.4, 0.5) is 5.69 Å². The smallest absolute Gasteiger partial charge is 0.326 e. The maximum atomic E-state index is 12.6. The van der Waals surface area contributed by atoms with Crippen LogP contribution in [0.15, 0.2) is 47.3 Å². The molecule has 0 aliphatic carbocycles. The van der Waals surface area contributed by atoms with E-state index in [4.69, 9.17) is 4.74 Å². The lowest BCUT2D eigenvalue weighted by molar-refractivity contribution is -0.385. The number of rotatable bonds is 6. The van der Waals surface area contributed by atoms with Gasteiger partial charge in [0.25, 0.3) is 5.91 Å². The van der Waals surface area contributed by atoms with Crippen LogP contribution in [0.2, 0.25) is 0 Å². The molecule has 1 aromatic heterocycles. The third-order valence-corrected chi connectivity index (χ3v) is 5.84. The number of aromatic nitrogens is 2. The molecule has 1 fully saturated rings. The molecule has 1 aliphatic rings. The highest BCUT2D eigenvalue weighted by atomic mass is 16.6. The van der Waals surface area contributed by atoms with Gasteiger partial charge in [0, 0.05) is 30.8 Å². The lowest BCUT2D eigenvalue weighted by Gasteiger charge is -2.32. The van der Waals surface area contributed by atoms with Crippen LogP contribution < -0.4 is 15.7 Å². The normalized spacial score (nSPS) is 14.3. The van der Waals surface area contributed by atoms with Gasteiger partial charge in [0.15, 0.2) is 5.75 Å². The molecule has 172 valence electrons. The fourth-order valence-corrected chi connectivity index (χ4v) is 4.15. The standard InChI is InChI=1S/C22H23N5O6/c1-33-19-7-6-14(12-18(19)27(31)32)21(29)23-13-20(28)25-10-8-15(9-11-25)26-17-5-3-2-4-16(17)24-22(26)30/h2-7,12,15H,8-11,13H2,1H3,(H,23,29)(H,24,30). The molecule has 2 amide bonds. The molecule has 0 bridgehead atoms. The van der Waals surface area contributed by atoms with Crippen LogP contribution in [0.25, 0.3) is 11.0 Å². The first-order valence-electron chi connectivity index (χ1n) is 10.5. The fraction of sp³-hybridized carbons (Fsp3) is 0.318. The zero-order valence-corrected chi connectivity index (χ0v) is 17.9. The zero-order chi connectivity index (χ0) is 23.5. The SMILES string of the molecule is COc1ccc(C(=O)NCC(=O)N2CCC(n3c(=O)[nH]c4ccccc43)CC2)cc1[N+](=O)[O-]. The van der Waals surface area contributed by atoms with Crippen LogP contribution >= 0.6 is 0 Å². The summed E-state index contributed by atoms with van der Waals surface area (Å²) in [5, 5.41) is 13.7. The van der Waals surface area contributed by atoms with Gasteiger partial charge in [-0.2, -0.15) is 0 Å². The van der Waals surface area contributed by atoms with Gasteiger partial charge in [-0.1, -0.05) is 12.1 Å². The number of carbonyl (C=O) groups is 2. The number of carbonyl (C=O) groups excluding carboxylic acids is 2. The predicted molar refractivity (Wildman–Crippen MR) is 119 cm³/mol. The van der Waals surface area contributed by atoms with Crippen molar-refractivity contribution in [2.75, 3.05) is 26.7 Å². The lowest BCUT2D eigenvalue weighted by Crippen LogP contribution is -2.45. The van der Waals surface area contributed by atoms with Crippen molar-refractivity contribution in [3.63, 3.8) is 0 Å². The number of para-hydroxylation sites is 2. The minimum Gasteiger partial charge on any atom is -0.490 e. The Morgan fingerprint density at radius 3 is 2.64 bits per heavy atom. The second-order valence-corrected chi connectivity index (χ2v) is 7.76. The topological polar surface area (TPSA) is 140 Å². The van der Waals surface area contributed by atoms with Gasteiger partial charge >= 0.3 is 11.4 Å². The number of amides is 2. The van der Waals surface area contributed by atoms with Gasteiger partial charge in [-0.15, -0.1) is 0 Å². The fourth-order valence-electron chi connectivity index (χ4n) is 4.15. The number of nitrogens with zero attached hydrogens (tertiary/aromatic N) is 3. The maximum absolute atomic E-state index is 12.6. The molecule has 2 N–H and O–H groups in total. The predicted octanol–water partition coefficient (Wildman–Crippen LogP) is 1.84. The number of nitro groups is 1. The van der Waals surface area contributed by atoms with E-state index in [0.29, 0.717) is 25.9 Å². The molecule has 11 nitrogen and oxygen atoms in total. The summed E-state index contributed by atoms with van der Waals surface area (Å²) in [4.78, 5) is 52.4. The van der Waals surface area contributed by atoms with Gasteiger partial charge in [-0.05, 0) is 37.1 Å². The molecule has 2 aromatic carbocycles. The van der Waals surface area contributed by atoms with E-state index in [1.54, 1.807) is 9.47 Å². The van der Waals surface area contributed by atoms with Gasteiger partial charge in [0.05, 0.1) is 29.6 Å². The molecule has 2 heterocycles. The van der Waals surface area contributed by atoms with Gasteiger partial charge in [-0.25, -0.2) is 4.79 Å². The van der Waals surface area contributed by atoms with Crippen molar-refractivity contribution in [3.8, 4) is 5.75 Å². The number of nitrogens with one attached hydrogen (secondary N) is 2. The number of piperidine rings is 1. The second kappa shape index (κ2) is 9.15. The first kappa shape index (κ1) is 22.1. The molecule has 11 heteroatoms. The van der Waals surface area contributed by atoms with Crippen LogP contribution in [-0.4, -0.2) is 57.9 Å². The summed E-state index contributed by atoms with van der Waals surface area (Å²) in [6, 6.07) is 11.3. The van der Waals surface area contributed by atoms with Gasteiger partial charge in [0.1, 0.15) is 0 Å². The largest absolute Gasteiger partial charge is 0.490 e. The molecule has 1 aliphatic heterocycles. The number of fused-ring (bicyclic) bond motifs is 1. The Hall–Kier alpha value is -4.15. The monoisotopic (exact) mass is 453 g/mol. The van der Waals surface area contributed by atoms with Crippen LogP contribution in [0.3, 0.4) is 0 Å². The highest BCUT2D eigenvalue weighted by Crippen LogP contribution is 2.27. The van der Waals surface area contributed by atoms with Crippen molar-refractivity contribution >= 4 is 28.5 Å². The highest BCUT2D eigenvalue weighted by Gasteiger charge is 2.26. The van der Waals surface area contributed by atoms with Crippen molar-refractivity contribution in [3.05, 3.63) is 68.6 Å². The Kier molecular flexibility index (Phi) is 6.11. The van der Waals surface area contributed by atoms with Crippen molar-refractivity contribution in [2.24, 2.45) is 0 Å². The Balaban J connectivity index is 1.35. The average molecular weight is 453 g/mol. The number of hydrogen-bond donors (Lipinski definition) is 2. The van der Waals surface area contributed by atoms with Crippen LogP contribution in [0.1, 0.15) is 29.2 Å². The van der Waals surface area contributed by atoms with Crippen LogP contribution in [0.5, 0.6) is 5.75 Å². The van der Waals surface area contributed by atoms with E-state index in [2.05, 4.69) is 10.3 Å². The summed E-state index contributed by atoms with van der Waals surface area (Å²) >= 11 is 0. The summed E-state index contributed by atoms with van der Waals surface area (Å²) in [6.45, 7) is 0.689. The van der Waals surface area contributed by atoms with Gasteiger partial charge in [0.2, 0.25) is 5.91 Å². The van der Waals surface area contributed by atoms with E-state index in [0.717, 1.165) is 17.1 Å². The summed E-state index contributed by atoms with van der Waals surface area (Å²) in [6.07, 6.45) is 1.23. The number of imidazole rings is 1. The van der Waals surface area contributed by atoms with Crippen LogP contribution in [0, 0.1) is 10.1 Å². The Bertz CT molecular complexity index is 1270. The molecule has 33 heavy (non-hydrogen) atoms. The summed E-state index contributed by atoms with van der Waals surface area (Å²) in [5.41, 5.74) is 1.19. The molecule has 0 saturated carbocycles. The summed E-state index contributed by atoms with van der Waals surface area (Å²) in [7, 11) is 1.30. The molecular weight excluding hydrogens is 430 g/mol. The molecule has 0 atom stereocenters. The van der Waals surface area contributed by atoms with E-state index in [-0.39, 0.29) is 41.2 Å². The number of methoxy groups -OCH3 is 1. The minimum absolute atomic E-state index is 0.0212. The van der Waals surface area contributed by atoms with Crippen molar-refractivity contribution < 1.29 is 19.2 Å². The molecule has 4 rings (SSSR count). The molecule has 0 unspecified atom stereocenters. The number of ether oxygens (including phenoxy) is 1. The third kappa shape index (κ3) is 4.43. The summed E-state index contributed by atoms with van der Waals surface area (Å²) in [5.74, 6) is -0.796. The molecule has 1 saturated heterocycles. The van der Waals surface area contributed by atoms with Crippen molar-refractivity contribution in [1.29, 1.82) is 0 Å². The minimum atomic E-state index is -0.635. The zero-order valence-electron chi connectivity index (χ0n) is 17.9. The first-order chi connectivity index (χ1) is 15.9. The number of H-pyrrole nitrogens is 1. The number of nitro benzene ring substituents is 1. The first-order valence-corrected chi connectivity index (χ1v) is 10.5. The molecule has 0 spiro atoms. The molecule has 3 aromatic rings. The number of hydrogen-bond acceptors (Lipinski definition) is 6. The van der Waals surface area contributed by atoms with Gasteiger partial charge < -0.3 is 19.9 Å². The van der Waals surface area contributed by atoms with E-state index in [1.807, 2.05) is 24.3 Å². The Morgan fingerprint density at radius 2 is 1.94 bits per heavy atom. The Labute approximate surface area is 188 Å². The van der Waals surface area contributed by atoms with Gasteiger partial charge in [-0.3, -0.25) is 24.3 Å². The number of likely N-dealkylation sites (tertiary alicyclic amines) is 1. The van der Waals surface area contributed by atoms with E-state index >= 15 is 0 Å². The van der Waals surface area contributed by atoms with Crippen molar-refractivity contribution in [1.82, 2.24) is 19.8 Å². The third-order valence-electron chi connectivity index (χ3n) is 5.84. The lowest BCUT2D eigenvalue weighted by atomic mass is 10.0. The summed E-state index contributed by atoms with van der Waals surface area (Å²) < 4.78 is 6.67. The number of benzene rings is 2. The Morgan fingerprint density at radius 1 is 1.21 bits per heavy atom. The quantitative estimate of drug-likeness (QED) is 0.431. The second-order valence-electron chi connectivity index (χ2n) is 7.76. The average Bonchev–Trinajstić information content (AvgIpc) is 3.17. The van der Waals surface area contributed by atoms with E-state index in [9.17, 15) is 24.5 Å². The van der Waals surface area contributed by atoms with Crippen LogP contribution in [-0.2, 0) is 4.79 Å². The van der Waals surface area contributed by atoms with E-state index < -0.39 is 10.8 Å².